The number of benzene rings is 1. The molecule has 3 heteroatoms. The molecule has 1 fully saturated rings. The van der Waals surface area contributed by atoms with Crippen LogP contribution in [0.4, 0.5) is 0 Å². The smallest absolute Gasteiger partial charge is 0.338 e. The van der Waals surface area contributed by atoms with Gasteiger partial charge in [0.15, 0.2) is 0 Å². The van der Waals surface area contributed by atoms with Crippen LogP contribution in [-0.4, -0.2) is 18.4 Å². The fraction of sp³-hybridized carbons (Fsp3) is 0.333. The first kappa shape index (κ1) is 9.90. The molecular weight excluding hydrogens is 192 g/mol. The van der Waals surface area contributed by atoms with Gasteiger partial charge in [-0.05, 0) is 18.6 Å². The Kier molecular flexibility index (Phi) is 2.81. The molecule has 78 valence electrons. The highest BCUT2D eigenvalue weighted by molar-refractivity contribution is 5.90. The second-order valence-electron chi connectivity index (χ2n) is 3.67. The lowest BCUT2D eigenvalue weighted by atomic mass is 9.85. The molecule has 1 unspecified atom stereocenters. The molecule has 0 spiro atoms. The Morgan fingerprint density at radius 2 is 2.07 bits per heavy atom. The Morgan fingerprint density at radius 1 is 1.33 bits per heavy atom. The number of carbonyl (C=O) groups excluding carboxylic acids is 2. The maximum absolute atomic E-state index is 11.5. The number of hydrogen-bond acceptors (Lipinski definition) is 3. The summed E-state index contributed by atoms with van der Waals surface area (Å²) in [6.45, 7) is 0.229. The summed E-state index contributed by atoms with van der Waals surface area (Å²) in [4.78, 5) is 22.5. The van der Waals surface area contributed by atoms with Crippen molar-refractivity contribution in [1.82, 2.24) is 0 Å². The third-order valence-electron chi connectivity index (χ3n) is 2.62. The number of ether oxygens (including phenoxy) is 1. The largest absolute Gasteiger partial charge is 0.461 e. The summed E-state index contributed by atoms with van der Waals surface area (Å²) >= 11 is 0. The molecule has 0 aliphatic heterocycles. The highest BCUT2D eigenvalue weighted by Crippen LogP contribution is 2.22. The van der Waals surface area contributed by atoms with Gasteiger partial charge >= 0.3 is 5.97 Å². The van der Waals surface area contributed by atoms with Crippen LogP contribution in [0.3, 0.4) is 0 Å². The van der Waals surface area contributed by atoms with Gasteiger partial charge in [0, 0.05) is 6.42 Å². The molecule has 0 saturated heterocycles. The predicted molar refractivity (Wildman–Crippen MR) is 54.5 cm³/mol. The maximum Gasteiger partial charge on any atom is 0.338 e. The minimum Gasteiger partial charge on any atom is -0.461 e. The molecule has 1 saturated carbocycles. The van der Waals surface area contributed by atoms with Gasteiger partial charge in [0.05, 0.1) is 11.5 Å². The standard InChI is InChI=1S/C12H12O3/c13-11-7-6-10(11)8-15-12(14)9-4-2-1-3-5-9/h1-5,10H,6-8H2. The fourth-order valence-electron chi connectivity index (χ4n) is 1.48. The molecule has 3 nitrogen and oxygen atoms in total. The number of esters is 1. The van der Waals surface area contributed by atoms with E-state index in [1.165, 1.54) is 0 Å². The first-order valence-electron chi connectivity index (χ1n) is 5.02. The molecule has 1 aromatic carbocycles. The third-order valence-corrected chi connectivity index (χ3v) is 2.62. The van der Waals surface area contributed by atoms with Crippen molar-refractivity contribution in [2.75, 3.05) is 6.61 Å². The quantitative estimate of drug-likeness (QED) is 0.705. The molecule has 1 aromatic rings. The summed E-state index contributed by atoms with van der Waals surface area (Å²) in [5, 5.41) is 0. The van der Waals surface area contributed by atoms with Crippen LogP contribution in [0.5, 0.6) is 0 Å². The Balaban J connectivity index is 1.85. The Hall–Kier alpha value is -1.64. The van der Waals surface area contributed by atoms with Crippen molar-refractivity contribution < 1.29 is 14.3 Å². The molecule has 0 heterocycles. The van der Waals surface area contributed by atoms with Crippen molar-refractivity contribution in [3.05, 3.63) is 35.9 Å². The molecule has 0 radical (unpaired) electrons. The van der Waals surface area contributed by atoms with E-state index in [2.05, 4.69) is 0 Å². The van der Waals surface area contributed by atoms with Crippen LogP contribution >= 0.6 is 0 Å². The van der Waals surface area contributed by atoms with Crippen LogP contribution in [0, 0.1) is 5.92 Å². The molecule has 0 amide bonds. The van der Waals surface area contributed by atoms with Crippen LogP contribution < -0.4 is 0 Å². The van der Waals surface area contributed by atoms with Gasteiger partial charge in [-0.25, -0.2) is 4.79 Å². The van der Waals surface area contributed by atoms with Gasteiger partial charge in [-0.2, -0.15) is 0 Å². The number of ketones is 1. The fourth-order valence-corrected chi connectivity index (χ4v) is 1.48. The van der Waals surface area contributed by atoms with E-state index in [0.29, 0.717) is 12.0 Å². The average Bonchev–Trinajstić information content (AvgIpc) is 2.28. The van der Waals surface area contributed by atoms with E-state index in [-0.39, 0.29) is 24.3 Å². The van der Waals surface area contributed by atoms with Crippen LogP contribution in [-0.2, 0) is 9.53 Å². The third kappa shape index (κ3) is 2.24. The molecule has 0 aromatic heterocycles. The van der Waals surface area contributed by atoms with Crippen LogP contribution in [0.1, 0.15) is 23.2 Å². The zero-order valence-corrected chi connectivity index (χ0v) is 8.31. The molecule has 1 atom stereocenters. The molecule has 15 heavy (non-hydrogen) atoms. The average molecular weight is 204 g/mol. The van der Waals surface area contributed by atoms with Crippen molar-refractivity contribution in [3.8, 4) is 0 Å². The van der Waals surface area contributed by atoms with E-state index in [1.54, 1.807) is 24.3 Å². The van der Waals surface area contributed by atoms with E-state index in [1.807, 2.05) is 6.07 Å². The van der Waals surface area contributed by atoms with Crippen molar-refractivity contribution >= 4 is 11.8 Å². The van der Waals surface area contributed by atoms with E-state index >= 15 is 0 Å². The van der Waals surface area contributed by atoms with E-state index < -0.39 is 0 Å². The van der Waals surface area contributed by atoms with E-state index in [4.69, 9.17) is 4.74 Å². The van der Waals surface area contributed by atoms with Crippen LogP contribution in [0.15, 0.2) is 30.3 Å². The molecule has 1 aliphatic carbocycles. The summed E-state index contributed by atoms with van der Waals surface area (Å²) in [7, 11) is 0. The lowest BCUT2D eigenvalue weighted by molar-refractivity contribution is -0.130. The van der Waals surface area contributed by atoms with Gasteiger partial charge in [-0.3, -0.25) is 4.79 Å². The summed E-state index contributed by atoms with van der Waals surface area (Å²) in [5.74, 6) is -0.205. The molecule has 2 rings (SSSR count). The molecule has 0 N–H and O–H groups in total. The lowest BCUT2D eigenvalue weighted by Crippen LogP contribution is -2.30. The second kappa shape index (κ2) is 4.26. The zero-order valence-electron chi connectivity index (χ0n) is 8.31. The summed E-state index contributed by atoms with van der Waals surface area (Å²) in [6, 6.07) is 8.80. The van der Waals surface area contributed by atoms with Crippen molar-refractivity contribution in [2.45, 2.75) is 12.8 Å². The second-order valence-corrected chi connectivity index (χ2v) is 3.67. The van der Waals surface area contributed by atoms with Gasteiger partial charge in [0.1, 0.15) is 12.4 Å². The number of hydrogen-bond donors (Lipinski definition) is 0. The summed E-state index contributed by atoms with van der Waals surface area (Å²) < 4.78 is 5.04. The normalized spacial score (nSPS) is 19.5. The Morgan fingerprint density at radius 3 is 2.60 bits per heavy atom. The highest BCUT2D eigenvalue weighted by atomic mass is 16.5. The zero-order chi connectivity index (χ0) is 10.7. The van der Waals surface area contributed by atoms with Crippen molar-refractivity contribution in [2.24, 2.45) is 5.92 Å². The van der Waals surface area contributed by atoms with Crippen LogP contribution in [0.25, 0.3) is 0 Å². The van der Waals surface area contributed by atoms with Crippen molar-refractivity contribution in [1.29, 1.82) is 0 Å². The lowest BCUT2D eigenvalue weighted by Gasteiger charge is -2.22. The summed E-state index contributed by atoms with van der Waals surface area (Å²) in [5.41, 5.74) is 0.532. The number of Topliss-reactive ketones (excluding diaryl/α,β-unsaturated/α-hetero) is 1. The SMILES string of the molecule is O=C(OCC1CCC1=O)c1ccccc1. The van der Waals surface area contributed by atoms with Crippen molar-refractivity contribution in [3.63, 3.8) is 0 Å². The Labute approximate surface area is 88.1 Å². The minimum atomic E-state index is -0.352. The predicted octanol–water partition coefficient (Wildman–Crippen LogP) is 1.82. The molecular formula is C12H12O3. The molecule has 1 aliphatic rings. The van der Waals surface area contributed by atoms with Gasteiger partial charge < -0.3 is 4.74 Å². The Bertz CT molecular complexity index is 370. The van der Waals surface area contributed by atoms with Gasteiger partial charge in [0.2, 0.25) is 0 Å². The van der Waals surface area contributed by atoms with E-state index in [0.717, 1.165) is 6.42 Å². The number of carbonyl (C=O) groups is 2. The van der Waals surface area contributed by atoms with Gasteiger partial charge in [0.25, 0.3) is 0 Å². The summed E-state index contributed by atoms with van der Waals surface area (Å²) in [6.07, 6.45) is 1.48. The first-order chi connectivity index (χ1) is 7.27. The maximum atomic E-state index is 11.5. The number of rotatable bonds is 3. The molecule has 0 bridgehead atoms. The van der Waals surface area contributed by atoms with Gasteiger partial charge in [-0.15, -0.1) is 0 Å². The first-order valence-corrected chi connectivity index (χ1v) is 5.02. The van der Waals surface area contributed by atoms with E-state index in [9.17, 15) is 9.59 Å². The van der Waals surface area contributed by atoms with Crippen LogP contribution in [0.2, 0.25) is 0 Å². The van der Waals surface area contributed by atoms with Gasteiger partial charge in [-0.1, -0.05) is 18.2 Å². The minimum absolute atomic E-state index is 0.0577. The monoisotopic (exact) mass is 204 g/mol. The highest BCUT2D eigenvalue weighted by Gasteiger charge is 2.29. The topological polar surface area (TPSA) is 43.4 Å².